The summed E-state index contributed by atoms with van der Waals surface area (Å²) in [6.07, 6.45) is 1.33. The molecular weight excluding hydrogens is 419 g/mol. The van der Waals surface area contributed by atoms with Gasteiger partial charge in [-0.25, -0.2) is 4.39 Å². The third kappa shape index (κ3) is 6.62. The molecule has 2 aliphatic rings. The molecule has 2 aliphatic heterocycles. The first-order valence-electron chi connectivity index (χ1n) is 11.9. The van der Waals surface area contributed by atoms with E-state index in [9.17, 15) is 14.0 Å². The summed E-state index contributed by atoms with van der Waals surface area (Å²) >= 11 is 0. The minimum absolute atomic E-state index is 0.0509. The summed E-state index contributed by atoms with van der Waals surface area (Å²) < 4.78 is 13.1. The van der Waals surface area contributed by atoms with Crippen LogP contribution in [0.3, 0.4) is 0 Å². The second-order valence-corrected chi connectivity index (χ2v) is 8.97. The van der Waals surface area contributed by atoms with E-state index in [1.165, 1.54) is 29.8 Å². The van der Waals surface area contributed by atoms with Crippen molar-refractivity contribution < 1.29 is 14.0 Å². The molecule has 0 radical (unpaired) electrons. The number of hydrogen-bond acceptors (Lipinski definition) is 4. The Morgan fingerprint density at radius 2 is 1.48 bits per heavy atom. The zero-order chi connectivity index (χ0) is 23.0. The number of amides is 2. The maximum absolute atomic E-state index is 13.1. The Balaban J connectivity index is 1.11. The minimum atomic E-state index is -0.351. The molecule has 2 saturated heterocycles. The molecule has 33 heavy (non-hydrogen) atoms. The molecule has 2 heterocycles. The van der Waals surface area contributed by atoms with Gasteiger partial charge in [0.2, 0.25) is 5.91 Å². The van der Waals surface area contributed by atoms with Crippen molar-refractivity contribution in [1.29, 1.82) is 0 Å². The predicted molar refractivity (Wildman–Crippen MR) is 126 cm³/mol. The van der Waals surface area contributed by atoms with Crippen LogP contribution in [0.1, 0.15) is 28.8 Å². The minimum Gasteiger partial charge on any atom is -0.355 e. The normalized spacial score (nSPS) is 18.3. The van der Waals surface area contributed by atoms with Gasteiger partial charge >= 0.3 is 0 Å². The Hall–Kier alpha value is -2.77. The van der Waals surface area contributed by atoms with Crippen LogP contribution in [0, 0.1) is 11.7 Å². The number of nitrogens with one attached hydrogen (secondary N) is 1. The maximum atomic E-state index is 13.1. The second kappa shape index (κ2) is 11.4. The first-order chi connectivity index (χ1) is 16.1. The molecule has 0 bridgehead atoms. The molecule has 0 unspecified atom stereocenters. The van der Waals surface area contributed by atoms with Crippen molar-refractivity contribution >= 4 is 11.8 Å². The average Bonchev–Trinajstić information content (AvgIpc) is 2.86. The lowest BCUT2D eigenvalue weighted by atomic mass is 9.95. The van der Waals surface area contributed by atoms with Gasteiger partial charge < -0.3 is 10.2 Å². The molecule has 176 valence electrons. The highest BCUT2D eigenvalue weighted by atomic mass is 19.1. The first kappa shape index (κ1) is 23.4. The van der Waals surface area contributed by atoms with Crippen LogP contribution < -0.4 is 5.32 Å². The highest BCUT2D eigenvalue weighted by molar-refractivity contribution is 5.94. The van der Waals surface area contributed by atoms with E-state index >= 15 is 0 Å². The van der Waals surface area contributed by atoms with Crippen molar-refractivity contribution in [2.24, 2.45) is 5.92 Å². The van der Waals surface area contributed by atoms with Gasteiger partial charge in [0.05, 0.1) is 0 Å². The molecule has 7 heteroatoms. The molecule has 0 atom stereocenters. The van der Waals surface area contributed by atoms with Crippen LogP contribution in [0.2, 0.25) is 0 Å². The number of rotatable bonds is 7. The van der Waals surface area contributed by atoms with Crippen LogP contribution in [0.15, 0.2) is 54.6 Å². The molecule has 0 spiro atoms. The van der Waals surface area contributed by atoms with Crippen molar-refractivity contribution in [2.75, 3.05) is 52.4 Å². The Labute approximate surface area is 195 Å². The molecular formula is C26H33FN4O2. The zero-order valence-electron chi connectivity index (χ0n) is 19.1. The maximum Gasteiger partial charge on any atom is 0.253 e. The third-order valence-electron chi connectivity index (χ3n) is 6.69. The van der Waals surface area contributed by atoms with Gasteiger partial charge in [0, 0.05) is 70.4 Å². The molecule has 6 nitrogen and oxygen atoms in total. The Bertz CT molecular complexity index is 906. The van der Waals surface area contributed by atoms with Crippen molar-refractivity contribution in [3.05, 3.63) is 71.5 Å². The van der Waals surface area contributed by atoms with Gasteiger partial charge in [-0.2, -0.15) is 0 Å². The topological polar surface area (TPSA) is 55.9 Å². The summed E-state index contributed by atoms with van der Waals surface area (Å²) in [5, 5.41) is 3.09. The van der Waals surface area contributed by atoms with E-state index in [1.54, 1.807) is 4.90 Å². The van der Waals surface area contributed by atoms with Crippen LogP contribution in [0.5, 0.6) is 0 Å². The monoisotopic (exact) mass is 452 g/mol. The van der Waals surface area contributed by atoms with E-state index < -0.39 is 0 Å². The number of benzene rings is 2. The molecule has 0 saturated carbocycles. The van der Waals surface area contributed by atoms with Crippen molar-refractivity contribution in [3.8, 4) is 0 Å². The van der Waals surface area contributed by atoms with Crippen LogP contribution in [0.25, 0.3) is 0 Å². The van der Waals surface area contributed by atoms with Crippen molar-refractivity contribution in [3.63, 3.8) is 0 Å². The van der Waals surface area contributed by atoms with Gasteiger partial charge in [-0.3, -0.25) is 19.4 Å². The number of piperidine rings is 1. The lowest BCUT2D eigenvalue weighted by Gasteiger charge is -2.35. The molecule has 1 N–H and O–H groups in total. The van der Waals surface area contributed by atoms with E-state index in [0.717, 1.165) is 39.3 Å². The SMILES string of the molecule is O=C(NCCN1CCN(Cc2ccccc2)CC1)C1CCN(C(=O)c2ccc(F)cc2)CC1. The lowest BCUT2D eigenvalue weighted by molar-refractivity contribution is -0.126. The standard InChI is InChI=1S/C26H33FN4O2/c27-24-8-6-23(7-9-24)26(33)31-13-10-22(11-14-31)25(32)28-12-15-29-16-18-30(19-17-29)20-21-4-2-1-3-5-21/h1-9,22H,10-20H2,(H,28,32). The number of carbonyl (C=O) groups is 2. The zero-order valence-corrected chi connectivity index (χ0v) is 19.1. The number of hydrogen-bond donors (Lipinski definition) is 1. The number of likely N-dealkylation sites (tertiary alicyclic amines) is 1. The molecule has 2 amide bonds. The quantitative estimate of drug-likeness (QED) is 0.702. The summed E-state index contributed by atoms with van der Waals surface area (Å²) in [6.45, 7) is 7.76. The van der Waals surface area contributed by atoms with Crippen LogP contribution in [0.4, 0.5) is 4.39 Å². The fourth-order valence-electron chi connectivity index (χ4n) is 4.61. The van der Waals surface area contributed by atoms with E-state index in [4.69, 9.17) is 0 Å². The van der Waals surface area contributed by atoms with Crippen molar-refractivity contribution in [1.82, 2.24) is 20.0 Å². The highest BCUT2D eigenvalue weighted by Crippen LogP contribution is 2.19. The molecule has 0 aliphatic carbocycles. The summed E-state index contributed by atoms with van der Waals surface area (Å²) in [7, 11) is 0. The predicted octanol–water partition coefficient (Wildman–Crippen LogP) is 2.61. The van der Waals surface area contributed by atoms with Crippen LogP contribution in [-0.4, -0.2) is 78.9 Å². The van der Waals surface area contributed by atoms with Crippen molar-refractivity contribution in [2.45, 2.75) is 19.4 Å². The Kier molecular flexibility index (Phi) is 8.07. The Morgan fingerprint density at radius 1 is 0.848 bits per heavy atom. The van der Waals surface area contributed by atoms with Gasteiger partial charge in [0.15, 0.2) is 0 Å². The molecule has 2 fully saturated rings. The summed E-state index contributed by atoms with van der Waals surface area (Å²) in [5.74, 6) is -0.409. The summed E-state index contributed by atoms with van der Waals surface area (Å²) in [6, 6.07) is 16.2. The van der Waals surface area contributed by atoms with E-state index in [1.807, 2.05) is 6.07 Å². The fraction of sp³-hybridized carbons (Fsp3) is 0.462. The number of nitrogens with zero attached hydrogens (tertiary/aromatic N) is 3. The number of halogens is 1. The fourth-order valence-corrected chi connectivity index (χ4v) is 4.61. The Morgan fingerprint density at radius 3 is 2.15 bits per heavy atom. The smallest absolute Gasteiger partial charge is 0.253 e. The second-order valence-electron chi connectivity index (χ2n) is 8.97. The third-order valence-corrected chi connectivity index (χ3v) is 6.69. The summed E-state index contributed by atoms with van der Waals surface area (Å²) in [5.41, 5.74) is 1.84. The first-order valence-corrected chi connectivity index (χ1v) is 11.9. The van der Waals surface area contributed by atoms with Crippen LogP contribution >= 0.6 is 0 Å². The summed E-state index contributed by atoms with van der Waals surface area (Å²) in [4.78, 5) is 31.8. The van der Waals surface area contributed by atoms with E-state index in [0.29, 0.717) is 38.0 Å². The number of piperazine rings is 1. The van der Waals surface area contributed by atoms with Gasteiger partial charge in [-0.15, -0.1) is 0 Å². The van der Waals surface area contributed by atoms with Gasteiger partial charge in [-0.05, 0) is 42.7 Å². The molecule has 0 aromatic heterocycles. The molecule has 2 aromatic carbocycles. The van der Waals surface area contributed by atoms with Crippen LogP contribution in [-0.2, 0) is 11.3 Å². The van der Waals surface area contributed by atoms with E-state index in [2.05, 4.69) is 39.4 Å². The largest absolute Gasteiger partial charge is 0.355 e. The van der Waals surface area contributed by atoms with Gasteiger partial charge in [0.25, 0.3) is 5.91 Å². The van der Waals surface area contributed by atoms with Gasteiger partial charge in [0.1, 0.15) is 5.82 Å². The molecule has 4 rings (SSSR count). The molecule has 2 aromatic rings. The number of carbonyl (C=O) groups excluding carboxylic acids is 2. The van der Waals surface area contributed by atoms with E-state index in [-0.39, 0.29) is 23.5 Å². The van der Waals surface area contributed by atoms with Gasteiger partial charge in [-0.1, -0.05) is 30.3 Å². The average molecular weight is 453 g/mol. The lowest BCUT2D eigenvalue weighted by Crippen LogP contribution is -2.49. The highest BCUT2D eigenvalue weighted by Gasteiger charge is 2.28.